The number of benzene rings is 1. The van der Waals surface area contributed by atoms with E-state index in [1.54, 1.807) is 26.1 Å². The highest BCUT2D eigenvalue weighted by atomic mass is 16.4. The summed E-state index contributed by atoms with van der Waals surface area (Å²) in [7, 11) is 1.54. The molecule has 0 aliphatic carbocycles. The molecule has 0 aliphatic heterocycles. The Morgan fingerprint density at radius 1 is 1.27 bits per heavy atom. The minimum Gasteiger partial charge on any atom is -0.408 e. The second-order valence-electron chi connectivity index (χ2n) is 5.08. The van der Waals surface area contributed by atoms with Crippen molar-refractivity contribution in [2.24, 2.45) is 7.05 Å². The molecule has 0 saturated heterocycles. The van der Waals surface area contributed by atoms with Crippen molar-refractivity contribution >= 4 is 16.9 Å². The summed E-state index contributed by atoms with van der Waals surface area (Å²) in [5.41, 5.74) is 1.71. The van der Waals surface area contributed by atoms with E-state index in [0.29, 0.717) is 28.8 Å². The van der Waals surface area contributed by atoms with E-state index in [1.807, 2.05) is 6.92 Å². The molecular formula is C15H15N3O4. The Kier molecular flexibility index (Phi) is 3.13. The topological polar surface area (TPSA) is 90.0 Å². The second-order valence-corrected chi connectivity index (χ2v) is 5.08. The number of carbonyl (C=O) groups is 1. The number of fused-ring (bicyclic) bond motifs is 1. The smallest absolute Gasteiger partial charge is 0.408 e. The lowest BCUT2D eigenvalue weighted by atomic mass is 10.00. The van der Waals surface area contributed by atoms with Crippen LogP contribution >= 0.6 is 0 Å². The number of nitrogens with zero attached hydrogens (tertiary/aromatic N) is 2. The van der Waals surface area contributed by atoms with Crippen molar-refractivity contribution in [1.29, 1.82) is 0 Å². The predicted octanol–water partition coefficient (Wildman–Crippen LogP) is 1.18. The number of aryl methyl sites for hydroxylation is 3. The van der Waals surface area contributed by atoms with Crippen LogP contribution < -0.4 is 11.3 Å². The number of aromatic amines is 1. The van der Waals surface area contributed by atoms with Crippen LogP contribution in [0.4, 0.5) is 0 Å². The maximum absolute atomic E-state index is 12.6. The Bertz CT molecular complexity index is 1000. The Hall–Kier alpha value is -2.83. The fourth-order valence-electron chi connectivity index (χ4n) is 2.64. The summed E-state index contributed by atoms with van der Waals surface area (Å²) in [5.74, 6) is -0.833. The average Bonchev–Trinajstić information content (AvgIpc) is 2.99. The summed E-state index contributed by atoms with van der Waals surface area (Å²) in [4.78, 5) is 36.3. The van der Waals surface area contributed by atoms with Gasteiger partial charge in [-0.1, -0.05) is 0 Å². The van der Waals surface area contributed by atoms with Gasteiger partial charge in [0.15, 0.2) is 5.58 Å². The first-order valence-electron chi connectivity index (χ1n) is 6.87. The molecule has 0 aliphatic rings. The third-order valence-corrected chi connectivity index (χ3v) is 3.82. The van der Waals surface area contributed by atoms with Crippen LogP contribution in [0.2, 0.25) is 0 Å². The SMILES string of the molecule is CCn1c(=O)oc2ccc(C(=O)c3c[nH]n(C)c3=O)c(C)c21. The van der Waals surface area contributed by atoms with Crippen LogP contribution in [0.1, 0.15) is 28.4 Å². The predicted molar refractivity (Wildman–Crippen MR) is 80.4 cm³/mol. The van der Waals surface area contributed by atoms with Crippen LogP contribution in [0.25, 0.3) is 11.1 Å². The largest absolute Gasteiger partial charge is 0.419 e. The van der Waals surface area contributed by atoms with E-state index >= 15 is 0 Å². The van der Waals surface area contributed by atoms with E-state index in [-0.39, 0.29) is 16.9 Å². The van der Waals surface area contributed by atoms with Gasteiger partial charge in [0.1, 0.15) is 5.56 Å². The third-order valence-electron chi connectivity index (χ3n) is 3.82. The van der Waals surface area contributed by atoms with Crippen molar-refractivity contribution in [3.8, 4) is 0 Å². The first kappa shape index (κ1) is 14.1. The molecule has 0 amide bonds. The lowest BCUT2D eigenvalue weighted by Gasteiger charge is -2.06. The average molecular weight is 301 g/mol. The van der Waals surface area contributed by atoms with Crippen LogP contribution in [0, 0.1) is 6.92 Å². The summed E-state index contributed by atoms with van der Waals surface area (Å²) < 4.78 is 7.87. The van der Waals surface area contributed by atoms with Crippen LogP contribution in [0.3, 0.4) is 0 Å². The molecule has 3 rings (SSSR count). The molecule has 0 radical (unpaired) electrons. The van der Waals surface area contributed by atoms with E-state index < -0.39 is 5.76 Å². The summed E-state index contributed by atoms with van der Waals surface area (Å²) in [5, 5.41) is 2.68. The van der Waals surface area contributed by atoms with Crippen molar-refractivity contribution < 1.29 is 9.21 Å². The lowest BCUT2D eigenvalue weighted by Crippen LogP contribution is -2.20. The Morgan fingerprint density at radius 3 is 2.59 bits per heavy atom. The molecule has 2 aromatic heterocycles. The number of hydrogen-bond donors (Lipinski definition) is 1. The Balaban J connectivity index is 2.26. The monoisotopic (exact) mass is 301 g/mol. The van der Waals surface area contributed by atoms with Gasteiger partial charge in [-0.15, -0.1) is 0 Å². The number of H-pyrrole nitrogens is 1. The summed E-state index contributed by atoms with van der Waals surface area (Å²) >= 11 is 0. The molecule has 0 spiro atoms. The quantitative estimate of drug-likeness (QED) is 0.736. The molecule has 0 saturated carbocycles. The second kappa shape index (κ2) is 4.87. The summed E-state index contributed by atoms with van der Waals surface area (Å²) in [6.07, 6.45) is 1.39. The number of ketones is 1. The summed E-state index contributed by atoms with van der Waals surface area (Å²) in [6, 6.07) is 3.16. The zero-order chi connectivity index (χ0) is 16.0. The molecule has 0 unspecified atom stereocenters. The van der Waals surface area contributed by atoms with Gasteiger partial charge in [0.2, 0.25) is 5.78 Å². The van der Waals surface area contributed by atoms with Crippen molar-refractivity contribution in [3.63, 3.8) is 0 Å². The van der Waals surface area contributed by atoms with Crippen molar-refractivity contribution in [3.05, 3.63) is 55.9 Å². The molecule has 1 N–H and O–H groups in total. The van der Waals surface area contributed by atoms with Crippen molar-refractivity contribution in [1.82, 2.24) is 14.3 Å². The van der Waals surface area contributed by atoms with Gasteiger partial charge in [0, 0.05) is 25.4 Å². The zero-order valence-electron chi connectivity index (χ0n) is 12.5. The normalized spacial score (nSPS) is 11.2. The molecule has 22 heavy (non-hydrogen) atoms. The highest BCUT2D eigenvalue weighted by Gasteiger charge is 2.21. The minimum absolute atomic E-state index is 0.0684. The van der Waals surface area contributed by atoms with Gasteiger partial charge in [-0.25, -0.2) is 4.79 Å². The lowest BCUT2D eigenvalue weighted by molar-refractivity contribution is 0.103. The molecule has 7 heteroatoms. The van der Waals surface area contributed by atoms with E-state index in [2.05, 4.69) is 5.10 Å². The van der Waals surface area contributed by atoms with Gasteiger partial charge in [-0.2, -0.15) is 0 Å². The third kappa shape index (κ3) is 1.86. The molecule has 0 fully saturated rings. The standard InChI is InChI=1S/C15H15N3O4/c1-4-18-12-8(2)9(5-6-11(12)22-15(18)21)13(19)10-7-16-17(3)14(10)20/h5-7,16H,4H2,1-3H3. The van der Waals surface area contributed by atoms with Crippen molar-refractivity contribution in [2.75, 3.05) is 0 Å². The van der Waals surface area contributed by atoms with E-state index in [9.17, 15) is 14.4 Å². The van der Waals surface area contributed by atoms with Gasteiger partial charge in [0.05, 0.1) is 5.52 Å². The molecule has 3 aromatic rings. The number of oxazole rings is 1. The van der Waals surface area contributed by atoms with E-state index in [4.69, 9.17) is 4.42 Å². The van der Waals surface area contributed by atoms with Crippen molar-refractivity contribution in [2.45, 2.75) is 20.4 Å². The van der Waals surface area contributed by atoms with Gasteiger partial charge >= 0.3 is 5.76 Å². The molecule has 0 atom stereocenters. The zero-order valence-corrected chi connectivity index (χ0v) is 12.5. The van der Waals surface area contributed by atoms with Gasteiger partial charge in [-0.05, 0) is 31.5 Å². The summed E-state index contributed by atoms with van der Waals surface area (Å²) in [6.45, 7) is 4.01. The molecule has 2 heterocycles. The molecule has 1 aromatic carbocycles. The molecular weight excluding hydrogens is 286 g/mol. The highest BCUT2D eigenvalue weighted by Crippen LogP contribution is 2.22. The minimum atomic E-state index is -0.456. The molecule has 7 nitrogen and oxygen atoms in total. The number of rotatable bonds is 3. The van der Waals surface area contributed by atoms with Crippen LogP contribution in [-0.2, 0) is 13.6 Å². The first-order chi connectivity index (χ1) is 10.5. The van der Waals surface area contributed by atoms with Gasteiger partial charge in [-0.3, -0.25) is 18.8 Å². The van der Waals surface area contributed by atoms with Gasteiger partial charge < -0.3 is 9.52 Å². The number of hydrogen-bond acceptors (Lipinski definition) is 4. The Morgan fingerprint density at radius 2 is 2.00 bits per heavy atom. The maximum atomic E-state index is 12.6. The number of nitrogens with one attached hydrogen (secondary N) is 1. The molecule has 114 valence electrons. The molecule has 0 bridgehead atoms. The highest BCUT2D eigenvalue weighted by molar-refractivity contribution is 6.11. The van der Waals surface area contributed by atoms with E-state index in [0.717, 1.165) is 0 Å². The fraction of sp³-hybridized carbons (Fsp3) is 0.267. The number of carbonyl (C=O) groups excluding carboxylic acids is 1. The first-order valence-corrected chi connectivity index (χ1v) is 6.87. The van der Waals surface area contributed by atoms with Crippen LogP contribution in [-0.4, -0.2) is 20.1 Å². The fourth-order valence-corrected chi connectivity index (χ4v) is 2.64. The number of aromatic nitrogens is 3. The van der Waals surface area contributed by atoms with Crippen LogP contribution in [0.5, 0.6) is 0 Å². The maximum Gasteiger partial charge on any atom is 0.419 e. The van der Waals surface area contributed by atoms with Crippen LogP contribution in [0.15, 0.2) is 32.3 Å². The van der Waals surface area contributed by atoms with E-state index in [1.165, 1.54) is 15.4 Å². The Labute approximate surface area is 124 Å². The van der Waals surface area contributed by atoms with Gasteiger partial charge in [0.25, 0.3) is 5.56 Å².